The number of carbonyl (C=O) groups is 1. The summed E-state index contributed by atoms with van der Waals surface area (Å²) in [6, 6.07) is 3.68. The predicted molar refractivity (Wildman–Crippen MR) is 81.9 cm³/mol. The lowest BCUT2D eigenvalue weighted by atomic mass is 10.0. The number of nitrogens with one attached hydrogen (secondary N) is 1. The number of nitro groups is 1. The van der Waals surface area contributed by atoms with Crippen molar-refractivity contribution in [3.63, 3.8) is 0 Å². The Balaban J connectivity index is 2.03. The number of rotatable bonds is 6. The molecule has 0 bridgehead atoms. The first-order chi connectivity index (χ1) is 10.7. The van der Waals surface area contributed by atoms with Crippen LogP contribution in [0.2, 0.25) is 0 Å². The molecule has 0 radical (unpaired) electrons. The van der Waals surface area contributed by atoms with Gasteiger partial charge in [-0.25, -0.2) is 4.79 Å². The summed E-state index contributed by atoms with van der Waals surface area (Å²) in [6.45, 7) is 0.257. The van der Waals surface area contributed by atoms with Gasteiger partial charge in [-0.1, -0.05) is 17.0 Å². The Morgan fingerprint density at radius 2 is 2.17 bits per heavy atom. The Morgan fingerprint density at radius 1 is 1.48 bits per heavy atom. The normalized spacial score (nSPS) is 22.0. The van der Waals surface area contributed by atoms with E-state index in [1.807, 2.05) is 0 Å². The first kappa shape index (κ1) is 17.6. The highest BCUT2D eigenvalue weighted by atomic mass is 32.3. The van der Waals surface area contributed by atoms with Gasteiger partial charge in [0.05, 0.1) is 17.0 Å². The third kappa shape index (κ3) is 4.16. The fourth-order valence-electron chi connectivity index (χ4n) is 2.33. The van der Waals surface area contributed by atoms with Crippen molar-refractivity contribution < 1.29 is 29.0 Å². The van der Waals surface area contributed by atoms with Crippen molar-refractivity contribution in [2.75, 3.05) is 13.1 Å². The summed E-state index contributed by atoms with van der Waals surface area (Å²) in [5, 5.41) is 29.3. The monoisotopic (exact) mass is 347 g/mol. The van der Waals surface area contributed by atoms with Gasteiger partial charge < -0.3 is 10.2 Å². The standard InChI is InChI=1S/C12H17N3O7S/c16-11-7-14(23(21,22)13-11)5-1-2-8-3-4-9(12(17)18)6-10(8)15(19)20/h3-4,6,11,13,16,21-22H,1-2,5,7H2,(H,17,18). The van der Waals surface area contributed by atoms with Gasteiger partial charge in [-0.2, -0.15) is 9.03 Å². The number of hydrogen-bond acceptors (Lipinski definition) is 8. The van der Waals surface area contributed by atoms with Gasteiger partial charge in [-0.3, -0.25) is 19.2 Å². The lowest BCUT2D eigenvalue weighted by Gasteiger charge is -2.35. The number of aliphatic hydroxyl groups is 1. The van der Waals surface area contributed by atoms with E-state index < -0.39 is 28.1 Å². The summed E-state index contributed by atoms with van der Waals surface area (Å²) in [7, 11) is -3.21. The molecule has 1 aromatic carbocycles. The van der Waals surface area contributed by atoms with E-state index in [0.29, 0.717) is 12.0 Å². The Bertz CT molecular complexity index is 625. The molecule has 11 heteroatoms. The highest BCUT2D eigenvalue weighted by Crippen LogP contribution is 2.43. The maximum atomic E-state index is 11.0. The average Bonchev–Trinajstić information content (AvgIpc) is 2.71. The van der Waals surface area contributed by atoms with Crippen LogP contribution in [0.3, 0.4) is 0 Å². The van der Waals surface area contributed by atoms with Crippen LogP contribution in [0.5, 0.6) is 0 Å². The first-order valence-electron chi connectivity index (χ1n) is 6.70. The molecule has 1 aromatic rings. The summed E-state index contributed by atoms with van der Waals surface area (Å²) in [5.74, 6) is -1.24. The minimum atomic E-state index is -3.21. The summed E-state index contributed by atoms with van der Waals surface area (Å²) in [4.78, 5) is 21.3. The van der Waals surface area contributed by atoms with E-state index in [1.54, 1.807) is 0 Å². The third-order valence-electron chi connectivity index (χ3n) is 3.41. The average molecular weight is 347 g/mol. The van der Waals surface area contributed by atoms with Crippen LogP contribution in [0.25, 0.3) is 0 Å². The number of nitrogens with zero attached hydrogens (tertiary/aromatic N) is 2. The molecule has 1 unspecified atom stereocenters. The molecule has 0 saturated carbocycles. The van der Waals surface area contributed by atoms with Crippen molar-refractivity contribution in [1.29, 1.82) is 0 Å². The third-order valence-corrected chi connectivity index (χ3v) is 5.05. The summed E-state index contributed by atoms with van der Waals surface area (Å²) < 4.78 is 22.9. The maximum Gasteiger partial charge on any atom is 0.335 e. The molecule has 1 heterocycles. The topological polar surface area (TPSA) is 156 Å². The largest absolute Gasteiger partial charge is 0.478 e. The van der Waals surface area contributed by atoms with E-state index in [0.717, 1.165) is 6.07 Å². The van der Waals surface area contributed by atoms with E-state index in [-0.39, 0.29) is 30.8 Å². The number of hydrogen-bond donors (Lipinski definition) is 5. The molecule has 1 saturated heterocycles. The van der Waals surface area contributed by atoms with Crippen molar-refractivity contribution in [2.45, 2.75) is 19.1 Å². The number of aryl methyl sites for hydroxylation is 1. The molecular weight excluding hydrogens is 330 g/mol. The van der Waals surface area contributed by atoms with Gasteiger partial charge in [0.25, 0.3) is 5.69 Å². The van der Waals surface area contributed by atoms with Gasteiger partial charge in [0.1, 0.15) is 6.23 Å². The highest BCUT2D eigenvalue weighted by Gasteiger charge is 2.34. The quantitative estimate of drug-likeness (QED) is 0.374. The molecule has 5 N–H and O–H groups in total. The fourth-order valence-corrected chi connectivity index (χ4v) is 3.66. The molecule has 2 rings (SSSR count). The lowest BCUT2D eigenvalue weighted by Crippen LogP contribution is -2.27. The van der Waals surface area contributed by atoms with Crippen LogP contribution in [0.1, 0.15) is 22.3 Å². The molecule has 128 valence electrons. The second kappa shape index (κ2) is 6.78. The first-order valence-corrected chi connectivity index (χ1v) is 8.20. The SMILES string of the molecule is O=C(O)c1ccc(CCCN2CC(O)NS2(O)O)c([N+](=O)[O-])c1. The van der Waals surface area contributed by atoms with Gasteiger partial charge in [0, 0.05) is 18.2 Å². The number of carboxylic acids is 1. The van der Waals surface area contributed by atoms with Gasteiger partial charge in [-0.15, -0.1) is 0 Å². The number of benzene rings is 1. The molecule has 0 amide bonds. The molecule has 1 atom stereocenters. The molecule has 0 aromatic heterocycles. The highest BCUT2D eigenvalue weighted by molar-refractivity contribution is 8.20. The zero-order valence-electron chi connectivity index (χ0n) is 12.0. The van der Waals surface area contributed by atoms with E-state index in [4.69, 9.17) is 5.11 Å². The lowest BCUT2D eigenvalue weighted by molar-refractivity contribution is -0.385. The van der Waals surface area contributed by atoms with Crippen molar-refractivity contribution in [3.05, 3.63) is 39.4 Å². The van der Waals surface area contributed by atoms with E-state index >= 15 is 0 Å². The van der Waals surface area contributed by atoms with Crippen LogP contribution >= 0.6 is 11.0 Å². The number of aliphatic hydroxyl groups excluding tert-OH is 1. The van der Waals surface area contributed by atoms with Crippen LogP contribution in [0.4, 0.5) is 5.69 Å². The smallest absolute Gasteiger partial charge is 0.335 e. The fraction of sp³-hybridized carbons (Fsp3) is 0.417. The molecular formula is C12H17N3O7S. The second-order valence-electron chi connectivity index (χ2n) is 5.05. The molecule has 1 aliphatic rings. The zero-order valence-corrected chi connectivity index (χ0v) is 12.8. The Morgan fingerprint density at radius 3 is 2.70 bits per heavy atom. The van der Waals surface area contributed by atoms with Crippen molar-refractivity contribution in [3.8, 4) is 0 Å². The summed E-state index contributed by atoms with van der Waals surface area (Å²) >= 11 is 0. The van der Waals surface area contributed by atoms with E-state index in [1.165, 1.54) is 16.4 Å². The number of nitro benzene ring substituents is 1. The van der Waals surface area contributed by atoms with E-state index in [2.05, 4.69) is 4.72 Å². The molecule has 0 spiro atoms. The molecule has 0 aliphatic carbocycles. The minimum Gasteiger partial charge on any atom is -0.478 e. The van der Waals surface area contributed by atoms with Crippen molar-refractivity contribution in [1.82, 2.24) is 9.03 Å². The van der Waals surface area contributed by atoms with Gasteiger partial charge in [-0.05, 0) is 18.9 Å². The maximum absolute atomic E-state index is 11.0. The Labute approximate surface area is 133 Å². The molecule has 1 aliphatic heterocycles. The minimum absolute atomic E-state index is 0.0440. The molecule has 23 heavy (non-hydrogen) atoms. The van der Waals surface area contributed by atoms with Crippen molar-refractivity contribution in [2.24, 2.45) is 0 Å². The predicted octanol–water partition coefficient (Wildman–Crippen LogP) is 1.03. The number of β-amino-alcohol motifs (C(OH)–C–C–N with tert-alkyl or cyclic N) is 1. The molecule has 10 nitrogen and oxygen atoms in total. The summed E-state index contributed by atoms with van der Waals surface area (Å²) in [6.07, 6.45) is -0.403. The summed E-state index contributed by atoms with van der Waals surface area (Å²) in [5.41, 5.74) is -0.0817. The molecule has 1 fully saturated rings. The van der Waals surface area contributed by atoms with Gasteiger partial charge in [0.2, 0.25) is 0 Å². The number of carboxylic acid groups (broad SMARTS) is 1. The van der Waals surface area contributed by atoms with Gasteiger partial charge in [0.15, 0.2) is 0 Å². The van der Waals surface area contributed by atoms with E-state index in [9.17, 15) is 29.1 Å². The zero-order chi connectivity index (χ0) is 17.2. The van der Waals surface area contributed by atoms with Gasteiger partial charge >= 0.3 is 5.97 Å². The van der Waals surface area contributed by atoms with Crippen LogP contribution in [-0.2, 0) is 6.42 Å². The van der Waals surface area contributed by atoms with Crippen LogP contribution < -0.4 is 4.72 Å². The Hall–Kier alpha value is -1.76. The second-order valence-corrected chi connectivity index (χ2v) is 6.84. The number of aromatic carboxylic acids is 1. The Kier molecular flexibility index (Phi) is 5.19. The van der Waals surface area contributed by atoms with Crippen LogP contribution in [0.15, 0.2) is 18.2 Å². The van der Waals surface area contributed by atoms with Crippen LogP contribution in [-0.4, -0.2) is 53.8 Å². The van der Waals surface area contributed by atoms with Crippen LogP contribution in [0, 0.1) is 10.1 Å². The van der Waals surface area contributed by atoms with Crippen molar-refractivity contribution >= 4 is 22.6 Å².